The number of carboxylic acid groups (broad SMARTS) is 1. The molecule has 0 bridgehead atoms. The summed E-state index contributed by atoms with van der Waals surface area (Å²) in [5, 5.41) is 10.4. The minimum absolute atomic E-state index is 0.437. The van der Waals surface area contributed by atoms with Crippen LogP contribution in [0.5, 0.6) is 5.75 Å². The maximum atomic E-state index is 11.3. The van der Waals surface area contributed by atoms with E-state index < -0.39 is 11.9 Å². The van der Waals surface area contributed by atoms with Gasteiger partial charge in [-0.05, 0) is 65.8 Å². The predicted molar refractivity (Wildman–Crippen MR) is 125 cm³/mol. The van der Waals surface area contributed by atoms with Crippen molar-refractivity contribution in [3.05, 3.63) is 89.6 Å². The largest absolute Gasteiger partial charge is 0.493 e. The summed E-state index contributed by atoms with van der Waals surface area (Å²) in [6, 6.07) is 22.8. The lowest BCUT2D eigenvalue weighted by molar-refractivity contribution is -0.141. The van der Waals surface area contributed by atoms with Crippen LogP contribution in [0.3, 0.4) is 0 Å². The van der Waals surface area contributed by atoms with Gasteiger partial charge in [-0.1, -0.05) is 48.9 Å². The molecule has 158 valence electrons. The lowest BCUT2D eigenvalue weighted by Gasteiger charge is -2.15. The smallest absolute Gasteiger partial charge is 0.306 e. The number of nitrogens with one attached hydrogen (secondary N) is 1. The molecule has 0 spiro atoms. The van der Waals surface area contributed by atoms with Gasteiger partial charge in [-0.2, -0.15) is 0 Å². The molecule has 0 aliphatic rings. The summed E-state index contributed by atoms with van der Waals surface area (Å²) in [5.41, 5.74) is 6.61. The minimum Gasteiger partial charge on any atom is -0.493 e. The minimum atomic E-state index is -0.784. The van der Waals surface area contributed by atoms with E-state index in [0.717, 1.165) is 39.8 Å². The molecule has 31 heavy (non-hydrogen) atoms. The van der Waals surface area contributed by atoms with Crippen molar-refractivity contribution in [1.29, 1.82) is 0 Å². The number of aryl methyl sites for hydroxylation is 1. The Morgan fingerprint density at radius 3 is 2.55 bits per heavy atom. The van der Waals surface area contributed by atoms with Gasteiger partial charge in [-0.25, -0.2) is 0 Å². The molecule has 1 heterocycles. The molecule has 4 aromatic rings. The Hall–Kier alpha value is -3.53. The quantitative estimate of drug-likeness (QED) is 0.371. The van der Waals surface area contributed by atoms with E-state index in [4.69, 9.17) is 4.74 Å². The summed E-state index contributed by atoms with van der Waals surface area (Å²) < 4.78 is 6.20. The summed E-state index contributed by atoms with van der Waals surface area (Å²) in [6.07, 6.45) is 3.24. The van der Waals surface area contributed by atoms with Crippen LogP contribution in [0.25, 0.3) is 22.0 Å². The van der Waals surface area contributed by atoms with Gasteiger partial charge in [0.25, 0.3) is 0 Å². The van der Waals surface area contributed by atoms with Crippen molar-refractivity contribution in [3.8, 4) is 16.9 Å². The van der Waals surface area contributed by atoms with Gasteiger partial charge in [0, 0.05) is 23.7 Å². The number of aromatic amines is 1. The number of hydrogen-bond donors (Lipinski definition) is 2. The van der Waals surface area contributed by atoms with Crippen molar-refractivity contribution in [2.24, 2.45) is 5.92 Å². The topological polar surface area (TPSA) is 62.3 Å². The third kappa shape index (κ3) is 4.97. The first kappa shape index (κ1) is 20.7. The first-order chi connectivity index (χ1) is 15.0. The Morgan fingerprint density at radius 1 is 1.00 bits per heavy atom. The lowest BCUT2D eigenvalue weighted by Crippen LogP contribution is -2.12. The van der Waals surface area contributed by atoms with Gasteiger partial charge in [0.2, 0.25) is 0 Å². The van der Waals surface area contributed by atoms with E-state index in [0.29, 0.717) is 13.0 Å². The van der Waals surface area contributed by atoms with Crippen molar-refractivity contribution in [2.75, 3.05) is 6.61 Å². The lowest BCUT2D eigenvalue weighted by atomic mass is 9.96. The van der Waals surface area contributed by atoms with E-state index in [2.05, 4.69) is 60.4 Å². The second-order valence-corrected chi connectivity index (χ2v) is 8.14. The first-order valence-corrected chi connectivity index (χ1v) is 10.6. The summed E-state index contributed by atoms with van der Waals surface area (Å²) in [5.74, 6) is -0.407. The molecule has 1 atom stereocenters. The molecule has 0 aliphatic heterocycles. The molecule has 0 saturated carbocycles. The number of hydrogen-bond acceptors (Lipinski definition) is 2. The number of H-pyrrole nitrogens is 1. The van der Waals surface area contributed by atoms with Crippen LogP contribution in [-0.2, 0) is 17.6 Å². The van der Waals surface area contributed by atoms with Crippen LogP contribution in [0.2, 0.25) is 0 Å². The van der Waals surface area contributed by atoms with E-state index in [1.54, 1.807) is 6.92 Å². The number of benzene rings is 3. The Bertz CT molecular complexity index is 1190. The molecular formula is C27H27NO3. The molecule has 1 unspecified atom stereocenters. The summed E-state index contributed by atoms with van der Waals surface area (Å²) in [4.78, 5) is 14.5. The summed E-state index contributed by atoms with van der Waals surface area (Å²) >= 11 is 0. The van der Waals surface area contributed by atoms with Crippen LogP contribution in [0.4, 0.5) is 0 Å². The molecule has 0 radical (unpaired) electrons. The Labute approximate surface area is 182 Å². The van der Waals surface area contributed by atoms with Crippen molar-refractivity contribution in [3.63, 3.8) is 0 Å². The molecule has 0 saturated heterocycles. The molecule has 3 aromatic carbocycles. The van der Waals surface area contributed by atoms with Gasteiger partial charge >= 0.3 is 5.97 Å². The second-order valence-electron chi connectivity index (χ2n) is 8.14. The first-order valence-electron chi connectivity index (χ1n) is 10.6. The Morgan fingerprint density at radius 2 is 1.77 bits per heavy atom. The van der Waals surface area contributed by atoms with Gasteiger partial charge < -0.3 is 14.8 Å². The number of carboxylic acids is 1. The Kier molecular flexibility index (Phi) is 6.08. The van der Waals surface area contributed by atoms with E-state index in [1.165, 1.54) is 11.1 Å². The van der Waals surface area contributed by atoms with Crippen LogP contribution in [0.15, 0.2) is 72.9 Å². The fraction of sp³-hybridized carbons (Fsp3) is 0.222. The van der Waals surface area contributed by atoms with Crippen LogP contribution in [-0.4, -0.2) is 22.7 Å². The molecular weight excluding hydrogens is 386 g/mol. The number of rotatable bonds is 8. The third-order valence-electron chi connectivity index (χ3n) is 5.64. The molecule has 0 amide bonds. The molecule has 4 nitrogen and oxygen atoms in total. The zero-order valence-corrected chi connectivity index (χ0v) is 17.9. The van der Waals surface area contributed by atoms with Gasteiger partial charge in [0.15, 0.2) is 0 Å². The van der Waals surface area contributed by atoms with Crippen LogP contribution in [0, 0.1) is 12.8 Å². The molecule has 1 aromatic heterocycles. The highest BCUT2D eigenvalue weighted by Crippen LogP contribution is 2.33. The summed E-state index contributed by atoms with van der Waals surface area (Å²) in [7, 11) is 0. The molecule has 4 rings (SSSR count). The fourth-order valence-electron chi connectivity index (χ4n) is 3.75. The maximum Gasteiger partial charge on any atom is 0.306 e. The number of ether oxygens (including phenoxy) is 1. The van der Waals surface area contributed by atoms with E-state index in [-0.39, 0.29) is 0 Å². The fourth-order valence-corrected chi connectivity index (χ4v) is 3.75. The van der Waals surface area contributed by atoms with Gasteiger partial charge in [0.05, 0.1) is 12.5 Å². The molecule has 0 fully saturated rings. The predicted octanol–water partition coefficient (Wildman–Crippen LogP) is 6.03. The molecule has 4 heteroatoms. The van der Waals surface area contributed by atoms with Crippen molar-refractivity contribution >= 4 is 16.9 Å². The monoisotopic (exact) mass is 413 g/mol. The SMILES string of the molecule is Cc1ccc(CCOc2ccc(CC(C)C(=O)O)cc2-c2ccc3[nH]ccc3c2)cc1. The van der Waals surface area contributed by atoms with Crippen LogP contribution < -0.4 is 4.74 Å². The average molecular weight is 414 g/mol. The summed E-state index contributed by atoms with van der Waals surface area (Å²) in [6.45, 7) is 4.40. The zero-order valence-electron chi connectivity index (χ0n) is 17.9. The highest BCUT2D eigenvalue weighted by Gasteiger charge is 2.15. The van der Waals surface area contributed by atoms with Crippen molar-refractivity contribution in [2.45, 2.75) is 26.7 Å². The standard InChI is InChI=1S/C27H27NO3/c1-18-3-5-20(6-4-18)12-14-31-26-10-7-21(15-19(2)27(29)30)16-24(26)22-8-9-25-23(17-22)11-13-28-25/h3-11,13,16-17,19,28H,12,14-15H2,1-2H3,(H,29,30). The molecule has 0 aliphatic carbocycles. The highest BCUT2D eigenvalue weighted by atomic mass is 16.5. The number of fused-ring (bicyclic) bond motifs is 1. The number of aliphatic carboxylic acids is 1. The second kappa shape index (κ2) is 9.09. The van der Waals surface area contributed by atoms with Crippen LogP contribution in [0.1, 0.15) is 23.6 Å². The van der Waals surface area contributed by atoms with Gasteiger partial charge in [0.1, 0.15) is 5.75 Å². The maximum absolute atomic E-state index is 11.3. The van der Waals surface area contributed by atoms with E-state index >= 15 is 0 Å². The van der Waals surface area contributed by atoms with Crippen molar-refractivity contribution < 1.29 is 14.6 Å². The Balaban J connectivity index is 1.61. The molecule has 2 N–H and O–H groups in total. The zero-order chi connectivity index (χ0) is 21.8. The van der Waals surface area contributed by atoms with E-state index in [1.807, 2.05) is 24.4 Å². The normalized spacial score (nSPS) is 12.1. The van der Waals surface area contributed by atoms with Gasteiger partial charge in [-0.3, -0.25) is 4.79 Å². The van der Waals surface area contributed by atoms with Gasteiger partial charge in [-0.15, -0.1) is 0 Å². The number of aromatic nitrogens is 1. The highest BCUT2D eigenvalue weighted by molar-refractivity contribution is 5.86. The van der Waals surface area contributed by atoms with E-state index in [9.17, 15) is 9.90 Å². The van der Waals surface area contributed by atoms with Crippen molar-refractivity contribution in [1.82, 2.24) is 4.98 Å². The van der Waals surface area contributed by atoms with Crippen LogP contribution >= 0.6 is 0 Å². The number of carbonyl (C=O) groups is 1. The average Bonchev–Trinajstić information content (AvgIpc) is 3.23. The third-order valence-corrected chi connectivity index (χ3v) is 5.64.